The quantitative estimate of drug-likeness (QED) is 0.727. The van der Waals surface area contributed by atoms with Gasteiger partial charge in [0.25, 0.3) is 5.91 Å². The zero-order valence-electron chi connectivity index (χ0n) is 7.07. The van der Waals surface area contributed by atoms with Crippen LogP contribution in [0.1, 0.15) is 16.6 Å². The topological polar surface area (TPSA) is 52.9 Å². The monoisotopic (exact) mass is 192 g/mol. The van der Waals surface area contributed by atoms with Crippen molar-refractivity contribution in [1.29, 1.82) is 5.26 Å². The van der Waals surface area contributed by atoms with Crippen molar-refractivity contribution >= 4 is 17.2 Å². The predicted octanol–water partition coefficient (Wildman–Crippen LogP) is 1.91. The molecule has 1 aromatic heterocycles. The molecule has 0 bridgehead atoms. The standard InChI is InChI=1S/C9H8N2OS/c1-7(4-5-10)11-9(12)8-3-2-6-13-8/h2-4,6H,1H3,(H,11,12). The van der Waals surface area contributed by atoms with E-state index in [4.69, 9.17) is 5.26 Å². The normalized spacial score (nSPS) is 10.6. The third-order valence-electron chi connectivity index (χ3n) is 1.34. The van der Waals surface area contributed by atoms with Gasteiger partial charge in [0.1, 0.15) is 0 Å². The van der Waals surface area contributed by atoms with E-state index in [1.165, 1.54) is 17.4 Å². The van der Waals surface area contributed by atoms with E-state index in [-0.39, 0.29) is 5.91 Å². The molecule has 0 aliphatic carbocycles. The van der Waals surface area contributed by atoms with Crippen LogP contribution in [0.3, 0.4) is 0 Å². The molecular weight excluding hydrogens is 184 g/mol. The van der Waals surface area contributed by atoms with Crippen LogP contribution in [0.2, 0.25) is 0 Å². The Kier molecular flexibility index (Phi) is 3.23. The van der Waals surface area contributed by atoms with Gasteiger partial charge in [-0.25, -0.2) is 0 Å². The van der Waals surface area contributed by atoms with E-state index in [1.54, 1.807) is 13.0 Å². The predicted molar refractivity (Wildman–Crippen MR) is 51.2 cm³/mol. The van der Waals surface area contributed by atoms with Crippen molar-refractivity contribution in [3.8, 4) is 6.07 Å². The van der Waals surface area contributed by atoms with Crippen LogP contribution in [0.25, 0.3) is 0 Å². The summed E-state index contributed by atoms with van der Waals surface area (Å²) in [6.07, 6.45) is 1.30. The van der Waals surface area contributed by atoms with E-state index in [2.05, 4.69) is 5.32 Å². The first-order valence-corrected chi connectivity index (χ1v) is 4.53. The largest absolute Gasteiger partial charge is 0.325 e. The zero-order chi connectivity index (χ0) is 9.68. The summed E-state index contributed by atoms with van der Waals surface area (Å²) in [7, 11) is 0. The van der Waals surface area contributed by atoms with Crippen molar-refractivity contribution in [3.05, 3.63) is 34.2 Å². The summed E-state index contributed by atoms with van der Waals surface area (Å²) in [4.78, 5) is 12.0. The van der Waals surface area contributed by atoms with Crippen molar-refractivity contribution < 1.29 is 4.79 Å². The lowest BCUT2D eigenvalue weighted by Crippen LogP contribution is -2.19. The fraction of sp³-hybridized carbons (Fsp3) is 0.111. The molecule has 1 aromatic rings. The second-order valence-electron chi connectivity index (χ2n) is 2.39. The highest BCUT2D eigenvalue weighted by atomic mass is 32.1. The highest BCUT2D eigenvalue weighted by molar-refractivity contribution is 7.12. The third kappa shape index (κ3) is 2.73. The van der Waals surface area contributed by atoms with Crippen LogP contribution >= 0.6 is 11.3 Å². The molecule has 0 spiro atoms. The van der Waals surface area contributed by atoms with Gasteiger partial charge in [-0.05, 0) is 18.4 Å². The van der Waals surface area contributed by atoms with Crippen LogP contribution in [0.5, 0.6) is 0 Å². The summed E-state index contributed by atoms with van der Waals surface area (Å²) >= 11 is 1.37. The lowest BCUT2D eigenvalue weighted by Gasteiger charge is -2.00. The lowest BCUT2D eigenvalue weighted by molar-refractivity contribution is 0.0970. The smallest absolute Gasteiger partial charge is 0.265 e. The maximum absolute atomic E-state index is 11.3. The number of hydrogen-bond acceptors (Lipinski definition) is 3. The molecule has 0 saturated carbocycles. The number of nitrogens with zero attached hydrogens (tertiary/aromatic N) is 1. The number of thiophene rings is 1. The number of nitrogens with one attached hydrogen (secondary N) is 1. The van der Waals surface area contributed by atoms with Crippen molar-refractivity contribution in [1.82, 2.24) is 5.32 Å². The van der Waals surface area contributed by atoms with Gasteiger partial charge in [0.15, 0.2) is 0 Å². The summed E-state index contributed by atoms with van der Waals surface area (Å²) in [5, 5.41) is 12.7. The van der Waals surface area contributed by atoms with Crippen molar-refractivity contribution in [2.24, 2.45) is 0 Å². The van der Waals surface area contributed by atoms with Gasteiger partial charge in [-0.1, -0.05) is 6.07 Å². The summed E-state index contributed by atoms with van der Waals surface area (Å²) < 4.78 is 0. The van der Waals surface area contributed by atoms with Gasteiger partial charge in [0, 0.05) is 11.8 Å². The maximum atomic E-state index is 11.3. The van der Waals surface area contributed by atoms with Crippen LogP contribution in [0.4, 0.5) is 0 Å². The van der Waals surface area contributed by atoms with Crippen LogP contribution < -0.4 is 5.32 Å². The molecule has 3 nitrogen and oxygen atoms in total. The van der Waals surface area contributed by atoms with Gasteiger partial charge in [-0.2, -0.15) is 5.26 Å². The molecule has 0 unspecified atom stereocenters. The first-order chi connectivity index (χ1) is 6.24. The van der Waals surface area contributed by atoms with Crippen LogP contribution in [-0.4, -0.2) is 5.91 Å². The Morgan fingerprint density at radius 3 is 3.08 bits per heavy atom. The lowest BCUT2D eigenvalue weighted by atomic mass is 10.4. The number of amides is 1. The minimum Gasteiger partial charge on any atom is -0.325 e. The van der Waals surface area contributed by atoms with Crippen LogP contribution in [0.15, 0.2) is 29.3 Å². The van der Waals surface area contributed by atoms with E-state index in [0.29, 0.717) is 10.6 Å². The SMILES string of the molecule is CC(=CC#N)NC(=O)c1cccs1. The van der Waals surface area contributed by atoms with Gasteiger partial charge in [0.05, 0.1) is 10.9 Å². The molecule has 1 amide bonds. The molecule has 0 aliphatic heterocycles. The molecule has 66 valence electrons. The average Bonchev–Trinajstić information content (AvgIpc) is 2.55. The Labute approximate surface area is 80.3 Å². The van der Waals surface area contributed by atoms with Gasteiger partial charge in [0.2, 0.25) is 0 Å². The Bertz CT molecular complexity index is 359. The molecule has 0 atom stereocenters. The second-order valence-corrected chi connectivity index (χ2v) is 3.34. The first kappa shape index (κ1) is 9.49. The zero-order valence-corrected chi connectivity index (χ0v) is 7.89. The molecule has 0 aromatic carbocycles. The summed E-state index contributed by atoms with van der Waals surface area (Å²) in [5.41, 5.74) is 0.556. The molecule has 1 heterocycles. The number of nitriles is 1. The fourth-order valence-electron chi connectivity index (χ4n) is 0.781. The molecule has 4 heteroatoms. The minimum atomic E-state index is -0.168. The van der Waals surface area contributed by atoms with Gasteiger partial charge >= 0.3 is 0 Å². The molecule has 0 radical (unpaired) electrons. The maximum Gasteiger partial charge on any atom is 0.265 e. The molecule has 13 heavy (non-hydrogen) atoms. The number of hydrogen-bond donors (Lipinski definition) is 1. The van der Waals surface area contributed by atoms with E-state index >= 15 is 0 Å². The molecule has 0 saturated heterocycles. The summed E-state index contributed by atoms with van der Waals surface area (Å²) in [6.45, 7) is 1.68. The molecule has 1 rings (SSSR count). The molecular formula is C9H8N2OS. The van der Waals surface area contributed by atoms with Crippen molar-refractivity contribution in [2.75, 3.05) is 0 Å². The number of rotatable bonds is 2. The Balaban J connectivity index is 2.63. The minimum absolute atomic E-state index is 0.168. The van der Waals surface area contributed by atoms with Crippen LogP contribution in [0, 0.1) is 11.3 Å². The number of allylic oxidation sites excluding steroid dienone is 2. The first-order valence-electron chi connectivity index (χ1n) is 3.65. The Morgan fingerprint density at radius 1 is 1.77 bits per heavy atom. The fourth-order valence-corrected chi connectivity index (χ4v) is 1.40. The Hall–Kier alpha value is -1.60. The van der Waals surface area contributed by atoms with Crippen molar-refractivity contribution in [3.63, 3.8) is 0 Å². The number of carbonyl (C=O) groups is 1. The summed E-state index contributed by atoms with van der Waals surface area (Å²) in [6, 6.07) is 5.39. The van der Waals surface area contributed by atoms with E-state index in [1.807, 2.05) is 17.5 Å². The summed E-state index contributed by atoms with van der Waals surface area (Å²) in [5.74, 6) is -0.168. The second kappa shape index (κ2) is 4.43. The van der Waals surface area contributed by atoms with E-state index in [0.717, 1.165) is 0 Å². The molecule has 1 N–H and O–H groups in total. The van der Waals surface area contributed by atoms with E-state index in [9.17, 15) is 4.79 Å². The molecule has 0 aliphatic rings. The van der Waals surface area contributed by atoms with E-state index < -0.39 is 0 Å². The highest BCUT2D eigenvalue weighted by Gasteiger charge is 2.05. The van der Waals surface area contributed by atoms with Gasteiger partial charge < -0.3 is 5.32 Å². The third-order valence-corrected chi connectivity index (χ3v) is 2.21. The highest BCUT2D eigenvalue weighted by Crippen LogP contribution is 2.08. The van der Waals surface area contributed by atoms with Crippen LogP contribution in [-0.2, 0) is 0 Å². The van der Waals surface area contributed by atoms with Crippen molar-refractivity contribution in [2.45, 2.75) is 6.92 Å². The van der Waals surface area contributed by atoms with Gasteiger partial charge in [-0.3, -0.25) is 4.79 Å². The Morgan fingerprint density at radius 2 is 2.54 bits per heavy atom. The average molecular weight is 192 g/mol. The molecule has 0 fully saturated rings. The number of carbonyl (C=O) groups excluding carboxylic acids is 1. The van der Waals surface area contributed by atoms with Gasteiger partial charge in [-0.15, -0.1) is 11.3 Å².